The Labute approximate surface area is 667 Å². The second-order valence-electron chi connectivity index (χ2n) is 24.1. The predicted molar refractivity (Wildman–Crippen MR) is 400 cm³/mol. The van der Waals surface area contributed by atoms with Crippen LogP contribution in [0.3, 0.4) is 0 Å². The number of aromatic nitrogens is 14. The molecule has 115 heavy (non-hydrogen) atoms. The number of halogens is 13. The largest absolute Gasteiger partial charge is 0.508 e. The maximum absolute atomic E-state index is 13.9. The Morgan fingerprint density at radius 3 is 1.31 bits per heavy atom. The first-order valence-corrected chi connectivity index (χ1v) is 35.1. The van der Waals surface area contributed by atoms with E-state index in [1.165, 1.54) is 156 Å². The minimum Gasteiger partial charge on any atom is -0.508 e. The third-order valence-corrected chi connectivity index (χ3v) is 16.4. The van der Waals surface area contributed by atoms with Gasteiger partial charge in [0.15, 0.2) is 0 Å². The minimum atomic E-state index is -4.84. The third kappa shape index (κ3) is 27.0. The molecule has 11 rings (SSSR count). The number of aromatic hydroxyl groups is 1. The number of carbonyl (C=O) groups excluding carboxylic acids is 3. The number of alkyl halides is 9. The summed E-state index contributed by atoms with van der Waals surface area (Å²) < 4.78 is 141. The van der Waals surface area contributed by atoms with Gasteiger partial charge in [-0.3, -0.25) is 14.6 Å². The quantitative estimate of drug-likeness (QED) is 0.0117. The van der Waals surface area contributed by atoms with Gasteiger partial charge in [0.2, 0.25) is 11.8 Å². The molecule has 0 radical (unpaired) electrons. The average molecular weight is 1690 g/mol. The highest BCUT2D eigenvalue weighted by Gasteiger charge is 2.39. The fourth-order valence-corrected chi connectivity index (χ4v) is 10.2. The van der Waals surface area contributed by atoms with E-state index in [4.69, 9.17) is 60.6 Å². The summed E-state index contributed by atoms with van der Waals surface area (Å²) in [5.41, 5.74) is -1.50. The average Bonchev–Trinajstić information content (AvgIpc) is 1.05. The molecule has 0 aliphatic carbocycles. The van der Waals surface area contributed by atoms with Crippen LogP contribution in [0.15, 0.2) is 165 Å². The van der Waals surface area contributed by atoms with Crippen molar-refractivity contribution in [3.8, 4) is 29.0 Å². The molecule has 0 fully saturated rings. The van der Waals surface area contributed by atoms with Crippen molar-refractivity contribution in [3.05, 3.63) is 242 Å². The lowest BCUT2D eigenvalue weighted by Gasteiger charge is -2.30. The van der Waals surface area contributed by atoms with Gasteiger partial charge in [0.05, 0.1) is 115 Å². The van der Waals surface area contributed by atoms with Crippen LogP contribution in [0.2, 0.25) is 15.2 Å². The molecule has 0 aliphatic heterocycles. The Bertz CT molecular complexity index is 5060. The molecule has 0 spiro atoms. The number of carboxylic acid groups (broad SMARTS) is 2. The van der Waals surface area contributed by atoms with Crippen LogP contribution >= 0.6 is 46.4 Å². The zero-order chi connectivity index (χ0) is 84.5. The van der Waals surface area contributed by atoms with Crippen molar-refractivity contribution < 1.29 is 97.8 Å². The molecule has 11 aromatic rings. The van der Waals surface area contributed by atoms with Crippen LogP contribution in [-0.4, -0.2) is 153 Å². The maximum Gasteiger partial charge on any atom is 0.421 e. The van der Waals surface area contributed by atoms with E-state index in [1.54, 1.807) is 19.1 Å². The Morgan fingerprint density at radius 2 is 0.913 bits per heavy atom. The van der Waals surface area contributed by atoms with E-state index in [1.807, 2.05) is 20.8 Å². The highest BCUT2D eigenvalue weighted by atomic mass is 35.5. The van der Waals surface area contributed by atoms with Crippen molar-refractivity contribution in [3.63, 3.8) is 0 Å². The summed E-state index contributed by atoms with van der Waals surface area (Å²) in [6.07, 6.45) is 2.40. The number of aromatic carboxylic acids is 2. The first kappa shape index (κ1) is 90.1. The lowest BCUT2D eigenvalue weighted by atomic mass is 10.1. The van der Waals surface area contributed by atoms with E-state index in [0.717, 1.165) is 43.2 Å². The van der Waals surface area contributed by atoms with E-state index in [2.05, 4.69) is 77.8 Å². The van der Waals surface area contributed by atoms with Crippen LogP contribution in [-0.2, 0) is 47.6 Å². The monoisotopic (exact) mass is 1690 g/mol. The fourth-order valence-electron chi connectivity index (χ4n) is 9.70. The van der Waals surface area contributed by atoms with Gasteiger partial charge < -0.3 is 49.8 Å². The van der Waals surface area contributed by atoms with Crippen molar-refractivity contribution in [1.82, 2.24) is 69.9 Å². The van der Waals surface area contributed by atoms with Crippen LogP contribution in [0.5, 0.6) is 29.0 Å². The molecule has 1 amide bonds. The Balaban J connectivity index is 0.000000216. The van der Waals surface area contributed by atoms with Crippen molar-refractivity contribution in [1.29, 1.82) is 0 Å². The SMILES string of the molecule is CC[C@H](C)Nc1ccc(O)cc1C(=O)OC.CC[C@H](C)Nc1ccc(Oc2ncc(Cn3nccn3)cc2C(F)(F)F)cc1C(=O)O.COC[C@H](C)N(C(=O)c1ccc(Cl)cn1)c1ccc(Oc2ncc(Cn3nccn3)cc2C(F)(F)F)cc1C(=O)O.FC(F)(F)c1cc(Cn2nccn2)cnc1Cl.O=C(Cl)c1ccc(Cl)cn1. The molecule has 3 atom stereocenters. The van der Waals surface area contributed by atoms with Gasteiger partial charge in [0, 0.05) is 61.6 Å². The molecule has 0 aliphatic rings. The zero-order valence-corrected chi connectivity index (χ0v) is 64.2. The molecule has 0 unspecified atom stereocenters. The van der Waals surface area contributed by atoms with Crippen molar-refractivity contribution in [2.24, 2.45) is 0 Å². The number of methoxy groups -OCH3 is 2. The molecule has 0 saturated carbocycles. The smallest absolute Gasteiger partial charge is 0.421 e. The van der Waals surface area contributed by atoms with E-state index in [0.29, 0.717) is 32.5 Å². The molecule has 0 saturated heterocycles. The number of ether oxygens (including phenoxy) is 4. The molecular weight excluding hydrogens is 1620 g/mol. The highest BCUT2D eigenvalue weighted by molar-refractivity contribution is 6.67. The molecule has 0 bridgehead atoms. The Morgan fingerprint density at radius 1 is 0.504 bits per heavy atom. The minimum absolute atomic E-state index is 0.00248. The maximum atomic E-state index is 13.9. The van der Waals surface area contributed by atoms with E-state index in [-0.39, 0.29) is 89.3 Å². The Kier molecular flexibility index (Phi) is 32.6. The molecule has 608 valence electrons. The number of benzene rings is 3. The normalized spacial score (nSPS) is 11.9. The Hall–Kier alpha value is -12.1. The topological polar surface area (TPSA) is 367 Å². The first-order valence-electron chi connectivity index (χ1n) is 33.6. The summed E-state index contributed by atoms with van der Waals surface area (Å²) in [4.78, 5) is 82.8. The van der Waals surface area contributed by atoms with Gasteiger partial charge in [-0.05, 0) is 159 Å². The van der Waals surface area contributed by atoms with E-state index in [9.17, 15) is 78.8 Å². The van der Waals surface area contributed by atoms with Crippen LogP contribution < -0.4 is 25.0 Å². The number of pyridine rings is 5. The lowest BCUT2D eigenvalue weighted by Crippen LogP contribution is -2.42. The molecule has 8 aromatic heterocycles. The number of rotatable bonds is 25. The summed E-state index contributed by atoms with van der Waals surface area (Å²) in [5.74, 6) is -5.53. The molecule has 3 aromatic carbocycles. The lowest BCUT2D eigenvalue weighted by molar-refractivity contribution is -0.139. The number of hydrogen-bond donors (Lipinski definition) is 5. The molecule has 42 heteroatoms. The molecule has 8 heterocycles. The summed E-state index contributed by atoms with van der Waals surface area (Å²) in [7, 11) is 2.73. The number of nitrogens with zero attached hydrogens (tertiary/aromatic N) is 15. The van der Waals surface area contributed by atoms with Gasteiger partial charge in [-0.1, -0.05) is 48.7 Å². The standard InChI is InChI=1S/C26H22ClF3N6O5.C20H20F3N5O3.C12H17NO3.C9H6ClF3N4.C6H3Cl2NO/c1-15(14-40-2)36(24(37)21-5-3-17(27)12-31-21)22-6-4-18(10-19(22)25(38)39)41-23-20(26(28,29)30)9-16(11-32-23)13-35-33-7-8-34-35;1-3-12(2)27-17-5-4-14(9-15(17)19(29)30)31-18-16(20(21,22)23)8-13(10-24-18)11-28-25-6-7-26-28;1-4-8(2)13-11-6-5-9(14)7-10(11)12(15)16-3;10-8-7(9(11,12)13)3-6(4-14-8)5-17-15-1-2-16-17;7-4-1-2-5(6(8)10)9-3-4/h3-12,15H,13-14H2,1-2H3,(H,38,39);4-10,12,27H,3,11H2,1-2H3,(H,29,30);5-8,13-14H,4H2,1-3H3;1-4H,5H2;1-3H/t15-;12-;8-;;/m000../s1. The predicted octanol–water partition coefficient (Wildman–Crippen LogP) is 16.3. The number of phenols is 1. The molecule has 5 N–H and O–H groups in total. The van der Waals surface area contributed by atoms with Crippen LogP contribution in [0, 0.1) is 0 Å². The van der Waals surface area contributed by atoms with Crippen molar-refractivity contribution >= 4 is 92.5 Å². The van der Waals surface area contributed by atoms with Gasteiger partial charge >= 0.3 is 36.4 Å². The van der Waals surface area contributed by atoms with Crippen LogP contribution in [0.4, 0.5) is 56.6 Å². The number of nitrogens with one attached hydrogen (secondary N) is 2. The molecule has 29 nitrogen and oxygen atoms in total. The number of phenolic OH excluding ortho intramolecular Hbond substituents is 1. The van der Waals surface area contributed by atoms with Gasteiger partial charge in [0.1, 0.15) is 44.9 Å². The zero-order valence-electron chi connectivity index (χ0n) is 61.2. The van der Waals surface area contributed by atoms with E-state index < -0.39 is 92.8 Å². The number of amides is 1. The second kappa shape index (κ2) is 41.6. The second-order valence-corrected chi connectivity index (χ2v) is 25.6. The first-order chi connectivity index (χ1) is 54.4. The number of carboxylic acids is 2. The van der Waals surface area contributed by atoms with Gasteiger partial charge in [-0.15, -0.1) is 0 Å². The summed E-state index contributed by atoms with van der Waals surface area (Å²) in [6, 6.07) is 20.3. The van der Waals surface area contributed by atoms with Crippen molar-refractivity contribution in [2.45, 2.75) is 104 Å². The summed E-state index contributed by atoms with van der Waals surface area (Å²) in [5, 5.41) is 57.7. The van der Waals surface area contributed by atoms with Gasteiger partial charge in [0.25, 0.3) is 11.1 Å². The number of carbonyl (C=O) groups is 5. The van der Waals surface area contributed by atoms with Gasteiger partial charge in [-0.25, -0.2) is 34.3 Å². The van der Waals surface area contributed by atoms with Crippen LogP contribution in [0.25, 0.3) is 0 Å². The highest BCUT2D eigenvalue weighted by Crippen LogP contribution is 2.41. The number of anilines is 3. The van der Waals surface area contributed by atoms with E-state index >= 15 is 0 Å². The third-order valence-electron chi connectivity index (χ3n) is 15.5. The van der Waals surface area contributed by atoms with Gasteiger partial charge in [-0.2, -0.15) is 84.5 Å². The fraction of sp³-hybridized carbons (Fsp3) is 0.260. The van der Waals surface area contributed by atoms with Crippen molar-refractivity contribution in [2.75, 3.05) is 36.4 Å². The summed E-state index contributed by atoms with van der Waals surface area (Å²) >= 11 is 21.9. The van der Waals surface area contributed by atoms with Crippen LogP contribution in [0.1, 0.15) is 133 Å². The molecular formula is C73H68Cl4F9N17O12. The summed E-state index contributed by atoms with van der Waals surface area (Å²) in [6.45, 7) is 9.62. The number of hydrogen-bond acceptors (Lipinski definition) is 23. The number of esters is 1.